The molecule has 4 aliphatic carbocycles. The summed E-state index contributed by atoms with van der Waals surface area (Å²) in [5, 5.41) is 99.0. The molecule has 2 aliphatic heterocycles. The molecule has 9 N–H and O–H groups in total. The topological polar surface area (TPSA) is 219 Å². The first kappa shape index (κ1) is 43.8. The molecule has 4 saturated carbocycles. The molecular formula is C42H72O13. The zero-order chi connectivity index (χ0) is 40.8. The Morgan fingerprint density at radius 3 is 2.02 bits per heavy atom. The summed E-state index contributed by atoms with van der Waals surface area (Å²) in [7, 11) is 0. The number of fused-ring (bicyclic) bond motifs is 5. The lowest BCUT2D eigenvalue weighted by molar-refractivity contribution is -0.348. The van der Waals surface area contributed by atoms with Gasteiger partial charge in [0, 0.05) is 0 Å². The molecule has 21 atom stereocenters. The lowest BCUT2D eigenvalue weighted by Crippen LogP contribution is -2.68. The largest absolute Gasteiger partial charge is 0.393 e. The van der Waals surface area contributed by atoms with E-state index in [9.17, 15) is 46.0 Å². The molecule has 6 fully saturated rings. The van der Waals surface area contributed by atoms with Gasteiger partial charge in [-0.05, 0) is 124 Å². The zero-order valence-corrected chi connectivity index (χ0v) is 34.4. The van der Waals surface area contributed by atoms with Crippen molar-refractivity contribution in [3.8, 4) is 0 Å². The van der Waals surface area contributed by atoms with Crippen LogP contribution in [0, 0.1) is 45.3 Å². The van der Waals surface area contributed by atoms with Crippen molar-refractivity contribution >= 4 is 0 Å². The van der Waals surface area contributed by atoms with Gasteiger partial charge in [-0.3, -0.25) is 0 Å². The summed E-state index contributed by atoms with van der Waals surface area (Å²) in [6, 6.07) is 0. The van der Waals surface area contributed by atoms with Gasteiger partial charge in [-0.25, -0.2) is 0 Å². The molecule has 318 valence electrons. The van der Waals surface area contributed by atoms with Crippen LogP contribution in [0.5, 0.6) is 0 Å². The Morgan fingerprint density at radius 1 is 0.745 bits per heavy atom. The summed E-state index contributed by atoms with van der Waals surface area (Å²) >= 11 is 0. The number of ether oxygens (including phenoxy) is 4. The summed E-state index contributed by atoms with van der Waals surface area (Å²) < 4.78 is 24.4. The molecule has 0 aromatic carbocycles. The predicted molar refractivity (Wildman–Crippen MR) is 201 cm³/mol. The Labute approximate surface area is 327 Å². The van der Waals surface area contributed by atoms with Crippen LogP contribution in [0.3, 0.4) is 0 Å². The predicted octanol–water partition coefficient (Wildman–Crippen LogP) is 2.15. The van der Waals surface area contributed by atoms with Crippen molar-refractivity contribution in [2.24, 2.45) is 45.3 Å². The van der Waals surface area contributed by atoms with Crippen molar-refractivity contribution in [2.45, 2.75) is 199 Å². The van der Waals surface area contributed by atoms with E-state index in [1.807, 2.05) is 20.8 Å². The minimum Gasteiger partial charge on any atom is -0.393 e. The summed E-state index contributed by atoms with van der Waals surface area (Å²) in [5.74, 6) is -0.0173. The SMILES string of the molecule is CC(C)=CCCC(C)(O[C@@H]1O[C@H](CO[C@@H]2O[C@@H](C)[C@H](O)[C@@H](O)[C@H]2O)[C@@H](O)[C@H](O)[C@H]1O)[C@H]1CC[C@]2(C)[C@@H]1[C@H](O)C[C@@H]1[C@@]3(C)C[C@@H](O)[C@H](O)C(C)(C)[C@@H]3CC[C@]12C. The fourth-order valence-corrected chi connectivity index (χ4v) is 13.3. The smallest absolute Gasteiger partial charge is 0.187 e. The highest BCUT2D eigenvalue weighted by Crippen LogP contribution is 2.76. The molecule has 6 rings (SSSR count). The van der Waals surface area contributed by atoms with Gasteiger partial charge < -0.3 is 64.9 Å². The van der Waals surface area contributed by atoms with E-state index in [0.717, 1.165) is 31.3 Å². The first-order valence-electron chi connectivity index (χ1n) is 20.8. The molecule has 0 radical (unpaired) electrons. The van der Waals surface area contributed by atoms with Crippen LogP contribution < -0.4 is 0 Å². The van der Waals surface area contributed by atoms with E-state index in [-0.39, 0.29) is 46.5 Å². The van der Waals surface area contributed by atoms with Crippen LogP contribution in [0.15, 0.2) is 11.6 Å². The third kappa shape index (κ3) is 7.10. The molecule has 1 unspecified atom stereocenters. The van der Waals surface area contributed by atoms with Crippen molar-refractivity contribution in [2.75, 3.05) is 6.61 Å². The maximum Gasteiger partial charge on any atom is 0.187 e. The molecule has 13 heteroatoms. The van der Waals surface area contributed by atoms with Crippen LogP contribution in [0.1, 0.15) is 114 Å². The summed E-state index contributed by atoms with van der Waals surface area (Å²) in [5.41, 5.74) is -1.04. The van der Waals surface area contributed by atoms with E-state index < -0.39 is 90.7 Å². The Balaban J connectivity index is 1.27. The van der Waals surface area contributed by atoms with E-state index >= 15 is 0 Å². The minimum absolute atomic E-state index is 0.118. The Morgan fingerprint density at radius 2 is 1.36 bits per heavy atom. The quantitative estimate of drug-likeness (QED) is 0.153. The van der Waals surface area contributed by atoms with E-state index in [2.05, 4.69) is 40.7 Å². The molecule has 55 heavy (non-hydrogen) atoms. The second-order valence-electron chi connectivity index (χ2n) is 20.3. The van der Waals surface area contributed by atoms with Crippen molar-refractivity contribution in [3.05, 3.63) is 11.6 Å². The van der Waals surface area contributed by atoms with Crippen LogP contribution in [0.2, 0.25) is 0 Å². The number of hydrogen-bond donors (Lipinski definition) is 9. The van der Waals surface area contributed by atoms with Gasteiger partial charge >= 0.3 is 0 Å². The summed E-state index contributed by atoms with van der Waals surface area (Å²) in [6.07, 6.45) is -8.51. The van der Waals surface area contributed by atoms with Crippen LogP contribution in [0.25, 0.3) is 0 Å². The number of aliphatic hydroxyl groups is 9. The zero-order valence-electron chi connectivity index (χ0n) is 34.4. The Kier molecular flexibility index (Phi) is 12.2. The number of rotatable bonds is 9. The fraction of sp³-hybridized carbons (Fsp3) is 0.952. The molecule has 0 bridgehead atoms. The highest BCUT2D eigenvalue weighted by molar-refractivity contribution is 5.21. The molecule has 0 aromatic rings. The molecule has 0 aromatic heterocycles. The van der Waals surface area contributed by atoms with Gasteiger partial charge in [-0.1, -0.05) is 46.3 Å². The monoisotopic (exact) mass is 784 g/mol. The second-order valence-corrected chi connectivity index (χ2v) is 20.3. The lowest BCUT2D eigenvalue weighted by atomic mass is 9.35. The van der Waals surface area contributed by atoms with Gasteiger partial charge in [0.2, 0.25) is 0 Å². The number of aliphatic hydroxyl groups excluding tert-OH is 9. The first-order valence-corrected chi connectivity index (χ1v) is 20.8. The molecule has 2 heterocycles. The number of allylic oxidation sites excluding steroid dienone is 2. The highest BCUT2D eigenvalue weighted by Gasteiger charge is 2.72. The van der Waals surface area contributed by atoms with E-state index in [4.69, 9.17) is 18.9 Å². The standard InChI is InChI=1S/C42H72O13/c1-20(2)11-10-14-42(9,55-37-34(50)32(48)30(46)25(54-37)19-52-36-33(49)31(47)29(45)21(3)53-36)22-12-15-41(8)28(22)23(43)17-27-39(6)18-24(44)35(51)38(4,5)26(39)13-16-40(27,41)7/h11,21-37,43-51H,10,12-19H2,1-9H3/t21-,22-,23+,24+,25+,26-,27+,28-,29-,30+,31+,32-,33+,34+,35-,36+,37-,39-,40+,41+,42?/m0/s1. The molecule has 13 nitrogen and oxygen atoms in total. The lowest BCUT2D eigenvalue weighted by Gasteiger charge is -2.71. The highest BCUT2D eigenvalue weighted by atomic mass is 16.7. The molecule has 2 saturated heterocycles. The van der Waals surface area contributed by atoms with Gasteiger partial charge in [0.05, 0.1) is 36.6 Å². The molecular weight excluding hydrogens is 712 g/mol. The van der Waals surface area contributed by atoms with Gasteiger partial charge in [-0.15, -0.1) is 0 Å². The van der Waals surface area contributed by atoms with Gasteiger partial charge in [0.25, 0.3) is 0 Å². The maximum absolute atomic E-state index is 12.4. The second kappa shape index (κ2) is 15.4. The first-order chi connectivity index (χ1) is 25.4. The third-order valence-corrected chi connectivity index (χ3v) is 16.6. The van der Waals surface area contributed by atoms with E-state index in [1.165, 1.54) is 6.92 Å². The van der Waals surface area contributed by atoms with Crippen molar-refractivity contribution in [1.29, 1.82) is 0 Å². The number of hydrogen-bond acceptors (Lipinski definition) is 13. The van der Waals surface area contributed by atoms with Crippen LogP contribution in [-0.2, 0) is 18.9 Å². The van der Waals surface area contributed by atoms with Crippen LogP contribution in [0.4, 0.5) is 0 Å². The van der Waals surface area contributed by atoms with Gasteiger partial charge in [-0.2, -0.15) is 0 Å². The summed E-state index contributed by atoms with van der Waals surface area (Å²) in [4.78, 5) is 0. The molecule has 6 aliphatic rings. The third-order valence-electron chi connectivity index (χ3n) is 16.6. The average molecular weight is 785 g/mol. The van der Waals surface area contributed by atoms with Crippen molar-refractivity contribution in [3.63, 3.8) is 0 Å². The van der Waals surface area contributed by atoms with E-state index in [1.54, 1.807) is 0 Å². The van der Waals surface area contributed by atoms with Gasteiger partial charge in [0.15, 0.2) is 12.6 Å². The fourth-order valence-electron chi connectivity index (χ4n) is 13.3. The minimum atomic E-state index is -1.66. The summed E-state index contributed by atoms with van der Waals surface area (Å²) in [6.45, 7) is 18.3. The van der Waals surface area contributed by atoms with Crippen molar-refractivity contribution in [1.82, 2.24) is 0 Å². The Hall–Kier alpha value is -0.780. The molecule has 0 spiro atoms. The maximum atomic E-state index is 12.4. The van der Waals surface area contributed by atoms with Crippen molar-refractivity contribution < 1.29 is 64.9 Å². The molecule has 0 amide bonds. The van der Waals surface area contributed by atoms with Gasteiger partial charge in [0.1, 0.15) is 42.7 Å². The normalized spacial score (nSPS) is 53.4. The Bertz CT molecular complexity index is 1390. The van der Waals surface area contributed by atoms with E-state index in [0.29, 0.717) is 25.7 Å². The van der Waals surface area contributed by atoms with Crippen LogP contribution >= 0.6 is 0 Å². The average Bonchev–Trinajstić information content (AvgIpc) is 3.49. The van der Waals surface area contributed by atoms with Crippen LogP contribution in [-0.4, -0.2) is 138 Å².